The van der Waals surface area contributed by atoms with E-state index in [1.54, 1.807) is 6.07 Å². The standard InChI is InChI=1S/C18H20O/c1-4-18(2,3)17-13-9-6-5-8-12(13)16-14(17)10-7-11-15(16)19/h5-11,17,19H,4H2,1-3H3. The van der Waals surface area contributed by atoms with Crippen molar-refractivity contribution in [3.63, 3.8) is 0 Å². The molecule has 0 heterocycles. The van der Waals surface area contributed by atoms with Crippen molar-refractivity contribution in [1.29, 1.82) is 0 Å². The fourth-order valence-electron chi connectivity index (χ4n) is 3.28. The highest BCUT2D eigenvalue weighted by Crippen LogP contribution is 2.55. The number of phenols is 1. The quantitative estimate of drug-likeness (QED) is 0.802. The normalized spacial score (nSPS) is 17.1. The molecule has 19 heavy (non-hydrogen) atoms. The number of phenolic OH excluding ortho intramolecular Hbond substituents is 1. The van der Waals surface area contributed by atoms with Crippen LogP contribution in [0.2, 0.25) is 0 Å². The van der Waals surface area contributed by atoms with Crippen molar-refractivity contribution < 1.29 is 5.11 Å². The molecular weight excluding hydrogens is 232 g/mol. The second kappa shape index (κ2) is 4.12. The Kier molecular flexibility index (Phi) is 2.67. The predicted octanol–water partition coefficient (Wildman–Crippen LogP) is 4.94. The molecule has 1 atom stereocenters. The van der Waals surface area contributed by atoms with Gasteiger partial charge in [-0.25, -0.2) is 0 Å². The van der Waals surface area contributed by atoms with Gasteiger partial charge >= 0.3 is 0 Å². The van der Waals surface area contributed by atoms with E-state index >= 15 is 0 Å². The van der Waals surface area contributed by atoms with Gasteiger partial charge in [-0.1, -0.05) is 63.6 Å². The zero-order chi connectivity index (χ0) is 13.6. The highest BCUT2D eigenvalue weighted by molar-refractivity contribution is 5.83. The molecule has 1 aliphatic rings. The SMILES string of the molecule is CCC(C)(C)C1c2ccccc2-c2c(O)cccc21. The van der Waals surface area contributed by atoms with Crippen LogP contribution in [0.5, 0.6) is 5.75 Å². The molecule has 0 fully saturated rings. The first-order chi connectivity index (χ1) is 9.06. The van der Waals surface area contributed by atoms with Gasteiger partial charge in [-0.15, -0.1) is 0 Å². The summed E-state index contributed by atoms with van der Waals surface area (Å²) in [7, 11) is 0. The van der Waals surface area contributed by atoms with Crippen molar-refractivity contribution >= 4 is 0 Å². The van der Waals surface area contributed by atoms with Crippen molar-refractivity contribution in [3.8, 4) is 16.9 Å². The zero-order valence-electron chi connectivity index (χ0n) is 11.8. The molecule has 0 spiro atoms. The van der Waals surface area contributed by atoms with E-state index in [-0.39, 0.29) is 5.41 Å². The Morgan fingerprint density at radius 3 is 2.42 bits per heavy atom. The van der Waals surface area contributed by atoms with Crippen LogP contribution >= 0.6 is 0 Å². The molecule has 2 aromatic rings. The lowest BCUT2D eigenvalue weighted by Gasteiger charge is -2.32. The predicted molar refractivity (Wildman–Crippen MR) is 79.5 cm³/mol. The minimum absolute atomic E-state index is 0.190. The fourth-order valence-corrected chi connectivity index (χ4v) is 3.28. The highest BCUT2D eigenvalue weighted by atomic mass is 16.3. The van der Waals surface area contributed by atoms with E-state index in [0.29, 0.717) is 11.7 Å². The molecule has 0 aromatic heterocycles. The number of aromatic hydroxyl groups is 1. The maximum absolute atomic E-state index is 10.2. The molecule has 0 aliphatic heterocycles. The van der Waals surface area contributed by atoms with Crippen LogP contribution in [-0.4, -0.2) is 5.11 Å². The Balaban J connectivity index is 2.32. The third-order valence-electron chi connectivity index (χ3n) is 4.62. The minimum Gasteiger partial charge on any atom is -0.507 e. The Morgan fingerprint density at radius 1 is 1.00 bits per heavy atom. The second-order valence-electron chi connectivity index (χ2n) is 6.10. The van der Waals surface area contributed by atoms with Gasteiger partial charge in [-0.3, -0.25) is 0 Å². The van der Waals surface area contributed by atoms with Crippen molar-refractivity contribution in [2.24, 2.45) is 5.41 Å². The minimum atomic E-state index is 0.190. The molecule has 1 aliphatic carbocycles. The number of fused-ring (bicyclic) bond motifs is 3. The topological polar surface area (TPSA) is 20.2 Å². The summed E-state index contributed by atoms with van der Waals surface area (Å²) in [4.78, 5) is 0. The van der Waals surface area contributed by atoms with Gasteiger partial charge < -0.3 is 5.11 Å². The molecule has 0 saturated carbocycles. The lowest BCUT2D eigenvalue weighted by molar-refractivity contribution is 0.309. The Bertz CT molecular complexity index is 625. The van der Waals surface area contributed by atoms with Crippen LogP contribution in [0.15, 0.2) is 42.5 Å². The van der Waals surface area contributed by atoms with Crippen molar-refractivity contribution in [2.45, 2.75) is 33.1 Å². The third kappa shape index (κ3) is 1.68. The van der Waals surface area contributed by atoms with Crippen LogP contribution in [0.1, 0.15) is 44.2 Å². The van der Waals surface area contributed by atoms with E-state index in [9.17, 15) is 5.11 Å². The Labute approximate surface area is 114 Å². The van der Waals surface area contributed by atoms with Crippen molar-refractivity contribution in [1.82, 2.24) is 0 Å². The molecule has 1 unspecified atom stereocenters. The molecule has 0 bridgehead atoms. The number of benzene rings is 2. The zero-order valence-corrected chi connectivity index (χ0v) is 11.8. The molecule has 1 heteroatoms. The maximum Gasteiger partial charge on any atom is 0.123 e. The van der Waals surface area contributed by atoms with E-state index in [4.69, 9.17) is 0 Å². The third-order valence-corrected chi connectivity index (χ3v) is 4.62. The van der Waals surface area contributed by atoms with Gasteiger partial charge in [0.05, 0.1) is 0 Å². The summed E-state index contributed by atoms with van der Waals surface area (Å²) in [6.07, 6.45) is 1.11. The summed E-state index contributed by atoms with van der Waals surface area (Å²) in [5.41, 5.74) is 5.04. The molecule has 0 saturated heterocycles. The van der Waals surface area contributed by atoms with Crippen LogP contribution in [0.3, 0.4) is 0 Å². The molecule has 0 radical (unpaired) electrons. The monoisotopic (exact) mass is 252 g/mol. The van der Waals surface area contributed by atoms with Gasteiger partial charge in [0.15, 0.2) is 0 Å². The number of rotatable bonds is 2. The average molecular weight is 252 g/mol. The van der Waals surface area contributed by atoms with Gasteiger partial charge in [-0.05, 0) is 28.2 Å². The largest absolute Gasteiger partial charge is 0.507 e. The lowest BCUT2D eigenvalue weighted by atomic mass is 9.72. The number of hydrogen-bond donors (Lipinski definition) is 1. The molecular formula is C18H20O. The second-order valence-corrected chi connectivity index (χ2v) is 6.10. The van der Waals surface area contributed by atoms with Crippen LogP contribution in [0.25, 0.3) is 11.1 Å². The number of hydrogen-bond acceptors (Lipinski definition) is 1. The van der Waals surface area contributed by atoms with Gasteiger partial charge in [0.25, 0.3) is 0 Å². The first-order valence-corrected chi connectivity index (χ1v) is 6.97. The summed E-state index contributed by atoms with van der Waals surface area (Å²) >= 11 is 0. The van der Waals surface area contributed by atoms with Crippen LogP contribution in [-0.2, 0) is 0 Å². The molecule has 2 aromatic carbocycles. The van der Waals surface area contributed by atoms with E-state index in [1.807, 2.05) is 6.07 Å². The summed E-state index contributed by atoms with van der Waals surface area (Å²) in [6.45, 7) is 6.87. The molecule has 1 nitrogen and oxygen atoms in total. The summed E-state index contributed by atoms with van der Waals surface area (Å²) < 4.78 is 0. The summed E-state index contributed by atoms with van der Waals surface area (Å²) in [6, 6.07) is 14.4. The van der Waals surface area contributed by atoms with E-state index in [0.717, 1.165) is 12.0 Å². The highest BCUT2D eigenvalue weighted by Gasteiger charge is 2.39. The van der Waals surface area contributed by atoms with Crippen LogP contribution < -0.4 is 0 Å². The van der Waals surface area contributed by atoms with E-state index in [1.165, 1.54) is 16.7 Å². The molecule has 0 amide bonds. The Hall–Kier alpha value is -1.76. The van der Waals surface area contributed by atoms with Gasteiger partial charge in [-0.2, -0.15) is 0 Å². The van der Waals surface area contributed by atoms with Crippen molar-refractivity contribution in [3.05, 3.63) is 53.6 Å². The summed E-state index contributed by atoms with van der Waals surface area (Å²) in [5.74, 6) is 0.773. The Morgan fingerprint density at radius 2 is 1.68 bits per heavy atom. The van der Waals surface area contributed by atoms with E-state index < -0.39 is 0 Å². The first kappa shape index (κ1) is 12.3. The first-order valence-electron chi connectivity index (χ1n) is 6.97. The molecule has 3 rings (SSSR count). The van der Waals surface area contributed by atoms with Crippen LogP contribution in [0.4, 0.5) is 0 Å². The lowest BCUT2D eigenvalue weighted by Crippen LogP contribution is -2.20. The summed E-state index contributed by atoms with van der Waals surface area (Å²) in [5, 5.41) is 10.2. The average Bonchev–Trinajstić information content (AvgIpc) is 2.75. The van der Waals surface area contributed by atoms with E-state index in [2.05, 4.69) is 51.1 Å². The molecule has 1 N–H and O–H groups in total. The fraction of sp³-hybridized carbons (Fsp3) is 0.333. The smallest absolute Gasteiger partial charge is 0.123 e. The molecule has 98 valence electrons. The maximum atomic E-state index is 10.2. The van der Waals surface area contributed by atoms with Crippen molar-refractivity contribution in [2.75, 3.05) is 0 Å². The van der Waals surface area contributed by atoms with Gasteiger partial charge in [0.1, 0.15) is 5.75 Å². The van der Waals surface area contributed by atoms with Gasteiger partial charge in [0, 0.05) is 11.5 Å². The van der Waals surface area contributed by atoms with Crippen LogP contribution in [0, 0.1) is 5.41 Å². The van der Waals surface area contributed by atoms with Gasteiger partial charge in [0.2, 0.25) is 0 Å².